The van der Waals surface area contributed by atoms with Crippen LogP contribution in [0.15, 0.2) is 29.2 Å². The van der Waals surface area contributed by atoms with E-state index in [1.54, 1.807) is 6.92 Å². The third-order valence-electron chi connectivity index (χ3n) is 4.36. The molecule has 1 heterocycles. The third-order valence-corrected chi connectivity index (χ3v) is 4.36. The molecule has 0 amide bonds. The second kappa shape index (κ2) is 6.59. The highest BCUT2D eigenvalue weighted by Gasteiger charge is 2.28. The summed E-state index contributed by atoms with van der Waals surface area (Å²) in [5, 5.41) is 17.9. The van der Waals surface area contributed by atoms with E-state index in [4.69, 9.17) is 0 Å². The molecule has 0 unspecified atom stereocenters. The van der Waals surface area contributed by atoms with Crippen molar-refractivity contribution in [1.29, 1.82) is 0 Å². The molecule has 0 saturated heterocycles. The van der Waals surface area contributed by atoms with Gasteiger partial charge >= 0.3 is 5.97 Å². The minimum absolute atomic E-state index is 0.100. The average molecular weight is 392 g/mol. The maximum absolute atomic E-state index is 15.2. The number of halogens is 3. The number of aromatic nitrogens is 1. The zero-order valence-corrected chi connectivity index (χ0v) is 15.0. The molecular weight excluding hydrogens is 377 g/mol. The second-order valence-corrected chi connectivity index (χ2v) is 6.43. The molecule has 0 aliphatic carbocycles. The molecule has 146 valence electrons. The number of carboxylic acid groups (broad SMARTS) is 1. The number of pyridine rings is 1. The van der Waals surface area contributed by atoms with Gasteiger partial charge in [0.05, 0.1) is 10.9 Å². The van der Waals surface area contributed by atoms with Crippen molar-refractivity contribution in [3.63, 3.8) is 0 Å². The molecule has 0 saturated carbocycles. The zero-order valence-electron chi connectivity index (χ0n) is 15.0. The number of hydrogen-bond donors (Lipinski definition) is 2. The largest absolute Gasteiger partial charge is 0.508 e. The number of hydrogen-bond acceptors (Lipinski definition) is 4. The van der Waals surface area contributed by atoms with Crippen LogP contribution in [-0.2, 0) is 0 Å². The first-order valence-electron chi connectivity index (χ1n) is 8.02. The number of aryl methyl sites for hydroxylation is 1. The number of rotatable bonds is 3. The highest BCUT2D eigenvalue weighted by Crippen LogP contribution is 2.33. The van der Waals surface area contributed by atoms with E-state index in [9.17, 15) is 28.6 Å². The molecule has 0 spiro atoms. The van der Waals surface area contributed by atoms with Crippen molar-refractivity contribution in [2.45, 2.75) is 6.92 Å². The molecule has 6 nitrogen and oxygen atoms in total. The first-order chi connectivity index (χ1) is 13.1. The lowest BCUT2D eigenvalue weighted by Gasteiger charge is -2.20. The van der Waals surface area contributed by atoms with Gasteiger partial charge in [-0.3, -0.25) is 4.79 Å². The molecule has 9 heteroatoms. The molecule has 3 rings (SSSR count). The van der Waals surface area contributed by atoms with E-state index in [1.807, 2.05) is 0 Å². The van der Waals surface area contributed by atoms with Crippen molar-refractivity contribution in [3.05, 3.63) is 63.2 Å². The van der Waals surface area contributed by atoms with Crippen LogP contribution >= 0.6 is 0 Å². The summed E-state index contributed by atoms with van der Waals surface area (Å²) >= 11 is 0. The zero-order chi connectivity index (χ0) is 20.9. The van der Waals surface area contributed by atoms with E-state index in [2.05, 4.69) is 0 Å². The number of nitrogens with zero attached hydrogens (tertiary/aromatic N) is 2. The number of carbonyl (C=O) groups is 1. The molecule has 0 aliphatic rings. The summed E-state index contributed by atoms with van der Waals surface area (Å²) in [7, 11) is 2.60. The van der Waals surface area contributed by atoms with Gasteiger partial charge < -0.3 is 19.7 Å². The summed E-state index contributed by atoms with van der Waals surface area (Å²) in [5.41, 5.74) is -2.94. The number of aromatic carboxylic acids is 1. The third kappa shape index (κ3) is 2.75. The number of benzene rings is 2. The van der Waals surface area contributed by atoms with E-state index in [1.165, 1.54) is 32.3 Å². The minimum atomic E-state index is -1.67. The Kier molecular flexibility index (Phi) is 4.54. The van der Waals surface area contributed by atoms with Crippen LogP contribution in [0.1, 0.15) is 15.9 Å². The summed E-state index contributed by atoms with van der Waals surface area (Å²) in [4.78, 5) is 25.0. The van der Waals surface area contributed by atoms with Crippen LogP contribution < -0.4 is 10.3 Å². The smallest absolute Gasteiger partial charge is 0.341 e. The van der Waals surface area contributed by atoms with Crippen molar-refractivity contribution in [2.24, 2.45) is 0 Å². The normalized spacial score (nSPS) is 11.1. The predicted molar refractivity (Wildman–Crippen MR) is 97.1 cm³/mol. The van der Waals surface area contributed by atoms with Gasteiger partial charge in [0.1, 0.15) is 17.0 Å². The Morgan fingerprint density at radius 3 is 2.29 bits per heavy atom. The number of phenolic OH excluding ortho intramolecular Hbond substituents is 1. The van der Waals surface area contributed by atoms with Gasteiger partial charge in [-0.15, -0.1) is 0 Å². The molecule has 28 heavy (non-hydrogen) atoms. The average Bonchev–Trinajstić information content (AvgIpc) is 2.59. The number of aromatic hydroxyl groups is 1. The van der Waals surface area contributed by atoms with Crippen molar-refractivity contribution in [1.82, 2.24) is 4.57 Å². The van der Waals surface area contributed by atoms with Gasteiger partial charge in [-0.05, 0) is 30.7 Å². The van der Waals surface area contributed by atoms with Gasteiger partial charge in [0.25, 0.3) is 0 Å². The minimum Gasteiger partial charge on any atom is -0.508 e. The van der Waals surface area contributed by atoms with Gasteiger partial charge in [0.2, 0.25) is 5.43 Å². The molecule has 0 fully saturated rings. The summed E-state index contributed by atoms with van der Waals surface area (Å²) in [6.07, 6.45) is 0.853. The monoisotopic (exact) mass is 392 g/mol. The number of anilines is 1. The predicted octanol–water partition coefficient (Wildman–Crippen LogP) is 3.19. The Morgan fingerprint density at radius 2 is 1.75 bits per heavy atom. The standard InChI is InChI=1S/C19H15F3N2O4/c1-8-6-9(25)4-5-11(8)24-7-10(19(27)28)18(26)12-13(20)14(21)17(23(2)3)15(22)16(12)24/h4-7,25H,1-3H3,(H,27,28). The number of fused-ring (bicyclic) bond motifs is 1. The van der Waals surface area contributed by atoms with Gasteiger partial charge in [-0.1, -0.05) is 0 Å². The molecule has 0 aliphatic heterocycles. The first kappa shape index (κ1) is 19.3. The lowest BCUT2D eigenvalue weighted by atomic mass is 10.1. The van der Waals surface area contributed by atoms with Gasteiger partial charge in [0.15, 0.2) is 17.5 Å². The lowest BCUT2D eigenvalue weighted by molar-refractivity contribution is 0.0695. The summed E-state index contributed by atoms with van der Waals surface area (Å²) in [6, 6.07) is 3.93. The lowest BCUT2D eigenvalue weighted by Crippen LogP contribution is -2.23. The maximum atomic E-state index is 15.2. The van der Waals surface area contributed by atoms with Crippen molar-refractivity contribution >= 4 is 22.6 Å². The first-order valence-corrected chi connectivity index (χ1v) is 8.02. The van der Waals surface area contributed by atoms with Crippen LogP contribution in [0.25, 0.3) is 16.6 Å². The Morgan fingerprint density at radius 1 is 1.11 bits per heavy atom. The maximum Gasteiger partial charge on any atom is 0.341 e. The molecule has 3 aromatic rings. The van der Waals surface area contributed by atoms with E-state index in [0.717, 1.165) is 15.7 Å². The summed E-state index contributed by atoms with van der Waals surface area (Å²) < 4.78 is 45.4. The van der Waals surface area contributed by atoms with Gasteiger partial charge in [-0.25, -0.2) is 18.0 Å². The molecular formula is C19H15F3N2O4. The van der Waals surface area contributed by atoms with E-state index >= 15 is 4.39 Å². The van der Waals surface area contributed by atoms with Gasteiger partial charge in [-0.2, -0.15) is 0 Å². The van der Waals surface area contributed by atoms with E-state index in [0.29, 0.717) is 5.56 Å². The van der Waals surface area contributed by atoms with E-state index in [-0.39, 0.29) is 11.4 Å². The second-order valence-electron chi connectivity index (χ2n) is 6.43. The van der Waals surface area contributed by atoms with Crippen LogP contribution in [0.2, 0.25) is 0 Å². The molecule has 2 aromatic carbocycles. The summed E-state index contributed by atoms with van der Waals surface area (Å²) in [6.45, 7) is 1.55. The van der Waals surface area contributed by atoms with Crippen LogP contribution in [0, 0.1) is 24.4 Å². The molecule has 1 aromatic heterocycles. The SMILES string of the molecule is Cc1cc(O)ccc1-n1cc(C(=O)O)c(=O)c2c(F)c(F)c(N(C)C)c(F)c21. The molecule has 0 bridgehead atoms. The van der Waals surface area contributed by atoms with Crippen LogP contribution in [0.3, 0.4) is 0 Å². The quantitative estimate of drug-likeness (QED) is 0.669. The van der Waals surface area contributed by atoms with E-state index < -0.39 is 51.0 Å². The highest BCUT2D eigenvalue weighted by molar-refractivity contribution is 5.95. The van der Waals surface area contributed by atoms with Crippen LogP contribution in [0.5, 0.6) is 5.75 Å². The van der Waals surface area contributed by atoms with Crippen LogP contribution in [0.4, 0.5) is 18.9 Å². The topological polar surface area (TPSA) is 82.8 Å². The Balaban J connectivity index is 2.65. The fourth-order valence-corrected chi connectivity index (χ4v) is 3.10. The fourth-order valence-electron chi connectivity index (χ4n) is 3.10. The Labute approximate surface area is 156 Å². The summed E-state index contributed by atoms with van der Waals surface area (Å²) in [5.74, 6) is -6.23. The Bertz CT molecular complexity index is 1200. The molecule has 2 N–H and O–H groups in total. The Hall–Kier alpha value is -3.49. The number of phenols is 1. The van der Waals surface area contributed by atoms with Crippen molar-refractivity contribution in [3.8, 4) is 11.4 Å². The van der Waals surface area contributed by atoms with Gasteiger partial charge in [0, 0.05) is 26.0 Å². The van der Waals surface area contributed by atoms with Crippen LogP contribution in [-0.4, -0.2) is 34.8 Å². The van der Waals surface area contributed by atoms with Crippen molar-refractivity contribution in [2.75, 3.05) is 19.0 Å². The molecule has 0 atom stereocenters. The highest BCUT2D eigenvalue weighted by atomic mass is 19.2. The van der Waals surface area contributed by atoms with Crippen molar-refractivity contribution < 1.29 is 28.2 Å². The molecule has 0 radical (unpaired) electrons. The fraction of sp³-hybridized carbons (Fsp3) is 0.158. The number of carboxylic acids is 1.